The number of rotatable bonds is 6. The molecule has 18 heavy (non-hydrogen) atoms. The summed E-state index contributed by atoms with van der Waals surface area (Å²) < 4.78 is 5.35. The van der Waals surface area contributed by atoms with Gasteiger partial charge in [0, 0.05) is 18.3 Å². The van der Waals surface area contributed by atoms with E-state index in [-0.39, 0.29) is 0 Å². The highest BCUT2D eigenvalue weighted by Crippen LogP contribution is 2.25. The highest BCUT2D eigenvalue weighted by Gasteiger charge is 2.16. The zero-order valence-electron chi connectivity index (χ0n) is 12.3. The van der Waals surface area contributed by atoms with Gasteiger partial charge in [0.15, 0.2) is 5.75 Å². The summed E-state index contributed by atoms with van der Waals surface area (Å²) in [6.45, 7) is 7.42. The number of nitrogens with zero attached hydrogens (tertiary/aromatic N) is 2. The van der Waals surface area contributed by atoms with E-state index >= 15 is 0 Å². The highest BCUT2D eigenvalue weighted by atomic mass is 16.5. The number of aryl methyl sites for hydroxylation is 1. The van der Waals surface area contributed by atoms with Crippen LogP contribution in [0.15, 0.2) is 12.3 Å². The van der Waals surface area contributed by atoms with Crippen LogP contribution in [-0.2, 0) is 0 Å². The van der Waals surface area contributed by atoms with E-state index in [1.807, 2.05) is 13.0 Å². The molecule has 0 saturated carbocycles. The second kappa shape index (κ2) is 6.59. The van der Waals surface area contributed by atoms with E-state index in [1.165, 1.54) is 0 Å². The molecule has 1 unspecified atom stereocenters. The first-order chi connectivity index (χ1) is 8.43. The van der Waals surface area contributed by atoms with Gasteiger partial charge >= 0.3 is 0 Å². The van der Waals surface area contributed by atoms with E-state index in [0.29, 0.717) is 12.0 Å². The monoisotopic (exact) mass is 251 g/mol. The Morgan fingerprint density at radius 3 is 2.56 bits per heavy atom. The molecule has 1 heterocycles. The third kappa shape index (κ3) is 4.18. The van der Waals surface area contributed by atoms with Gasteiger partial charge in [0.05, 0.1) is 19.0 Å². The summed E-state index contributed by atoms with van der Waals surface area (Å²) in [6, 6.07) is 2.42. The van der Waals surface area contributed by atoms with Crippen LogP contribution in [-0.4, -0.2) is 43.7 Å². The minimum absolute atomic E-state index is 0.385. The first-order valence-electron chi connectivity index (χ1n) is 6.36. The predicted octanol–water partition coefficient (Wildman–Crippen LogP) is 2.40. The van der Waals surface area contributed by atoms with E-state index in [1.54, 1.807) is 13.3 Å². The van der Waals surface area contributed by atoms with Gasteiger partial charge < -0.3 is 15.0 Å². The van der Waals surface area contributed by atoms with Crippen molar-refractivity contribution in [1.29, 1.82) is 0 Å². The maximum absolute atomic E-state index is 5.35. The number of aromatic nitrogens is 1. The molecule has 0 fully saturated rings. The Morgan fingerprint density at radius 2 is 2.06 bits per heavy atom. The number of pyridine rings is 1. The van der Waals surface area contributed by atoms with Crippen LogP contribution in [0.1, 0.15) is 19.5 Å². The van der Waals surface area contributed by atoms with Crippen molar-refractivity contribution >= 4 is 5.69 Å². The highest BCUT2D eigenvalue weighted by molar-refractivity contribution is 5.56. The quantitative estimate of drug-likeness (QED) is 0.842. The minimum Gasteiger partial charge on any atom is -0.493 e. The summed E-state index contributed by atoms with van der Waals surface area (Å²) in [5, 5.41) is 3.56. The first-order valence-corrected chi connectivity index (χ1v) is 6.36. The normalized spacial score (nSPS) is 12.9. The number of likely N-dealkylation sites (N-methyl/N-ethyl adjacent to an activating group) is 1. The fourth-order valence-corrected chi connectivity index (χ4v) is 1.84. The molecule has 1 rings (SSSR count). The summed E-state index contributed by atoms with van der Waals surface area (Å²) >= 11 is 0. The Balaban J connectivity index is 2.88. The smallest absolute Gasteiger partial charge is 0.160 e. The minimum atomic E-state index is 0.385. The molecule has 1 aromatic rings. The molecule has 0 aliphatic rings. The molecule has 0 amide bonds. The van der Waals surface area contributed by atoms with Gasteiger partial charge in [-0.2, -0.15) is 0 Å². The van der Waals surface area contributed by atoms with Gasteiger partial charge in [-0.25, -0.2) is 0 Å². The molecular weight excluding hydrogens is 226 g/mol. The number of ether oxygens (including phenoxy) is 1. The first kappa shape index (κ1) is 14.8. The molecule has 0 aromatic carbocycles. The molecule has 0 bridgehead atoms. The van der Waals surface area contributed by atoms with Crippen LogP contribution in [0, 0.1) is 12.8 Å². The van der Waals surface area contributed by atoms with E-state index in [2.05, 4.69) is 43.1 Å². The van der Waals surface area contributed by atoms with Crippen molar-refractivity contribution in [3.8, 4) is 5.75 Å². The average Bonchev–Trinajstić information content (AvgIpc) is 2.27. The number of anilines is 1. The number of hydrogen-bond donors (Lipinski definition) is 1. The van der Waals surface area contributed by atoms with E-state index < -0.39 is 0 Å². The van der Waals surface area contributed by atoms with Crippen molar-refractivity contribution in [1.82, 2.24) is 9.88 Å². The third-order valence-electron chi connectivity index (χ3n) is 2.93. The largest absolute Gasteiger partial charge is 0.493 e. The van der Waals surface area contributed by atoms with Gasteiger partial charge in [0.25, 0.3) is 0 Å². The average molecular weight is 251 g/mol. The standard InChI is InChI=1S/C14H25N3O/c1-10(2)13(9-17(4)5)16-12-7-11(3)15-8-14(12)18-6/h7-8,10,13H,9H2,1-6H3,(H,15,16). The summed E-state index contributed by atoms with van der Waals surface area (Å²) in [6.07, 6.45) is 1.77. The molecule has 4 heteroatoms. The fourth-order valence-electron chi connectivity index (χ4n) is 1.84. The molecule has 1 atom stereocenters. The van der Waals surface area contributed by atoms with Crippen LogP contribution in [0.4, 0.5) is 5.69 Å². The number of nitrogens with one attached hydrogen (secondary N) is 1. The van der Waals surface area contributed by atoms with Gasteiger partial charge in [-0.1, -0.05) is 13.8 Å². The molecule has 4 nitrogen and oxygen atoms in total. The number of methoxy groups -OCH3 is 1. The molecule has 102 valence electrons. The summed E-state index contributed by atoms with van der Waals surface area (Å²) in [7, 11) is 5.85. The molecule has 1 aromatic heterocycles. The van der Waals surface area contributed by atoms with Crippen molar-refractivity contribution < 1.29 is 4.74 Å². The second-order valence-corrected chi connectivity index (χ2v) is 5.28. The van der Waals surface area contributed by atoms with E-state index in [4.69, 9.17) is 4.74 Å². The Kier molecular flexibility index (Phi) is 5.41. The van der Waals surface area contributed by atoms with Gasteiger partial charge in [0.1, 0.15) is 0 Å². The maximum Gasteiger partial charge on any atom is 0.160 e. The molecule has 0 saturated heterocycles. The fraction of sp³-hybridized carbons (Fsp3) is 0.643. The maximum atomic E-state index is 5.35. The van der Waals surface area contributed by atoms with Crippen molar-refractivity contribution in [2.45, 2.75) is 26.8 Å². The SMILES string of the molecule is COc1cnc(C)cc1NC(CN(C)C)C(C)C. The van der Waals surface area contributed by atoms with Crippen LogP contribution in [0.25, 0.3) is 0 Å². The molecule has 1 N–H and O–H groups in total. The van der Waals surface area contributed by atoms with Gasteiger partial charge in [0.2, 0.25) is 0 Å². The Labute approximate surface area is 110 Å². The molecular formula is C14H25N3O. The van der Waals surface area contributed by atoms with Crippen LogP contribution < -0.4 is 10.1 Å². The van der Waals surface area contributed by atoms with Crippen LogP contribution in [0.3, 0.4) is 0 Å². The van der Waals surface area contributed by atoms with Crippen molar-refractivity contribution in [3.05, 3.63) is 18.0 Å². The van der Waals surface area contributed by atoms with Gasteiger partial charge in [-0.3, -0.25) is 4.98 Å². The van der Waals surface area contributed by atoms with Gasteiger partial charge in [-0.05, 0) is 33.0 Å². The van der Waals surface area contributed by atoms with Gasteiger partial charge in [-0.15, -0.1) is 0 Å². The Morgan fingerprint density at radius 1 is 1.39 bits per heavy atom. The topological polar surface area (TPSA) is 37.4 Å². The summed E-state index contributed by atoms with van der Waals surface area (Å²) in [4.78, 5) is 6.44. The van der Waals surface area contributed by atoms with E-state index in [9.17, 15) is 0 Å². The van der Waals surface area contributed by atoms with Crippen LogP contribution in [0.5, 0.6) is 5.75 Å². The lowest BCUT2D eigenvalue weighted by molar-refractivity contribution is 0.343. The van der Waals surface area contributed by atoms with E-state index in [0.717, 1.165) is 23.7 Å². The zero-order chi connectivity index (χ0) is 13.7. The number of hydrogen-bond acceptors (Lipinski definition) is 4. The molecule has 0 aliphatic heterocycles. The van der Waals surface area contributed by atoms with Crippen LogP contribution in [0.2, 0.25) is 0 Å². The molecule has 0 radical (unpaired) electrons. The van der Waals surface area contributed by atoms with Crippen molar-refractivity contribution in [2.75, 3.05) is 33.1 Å². The molecule has 0 spiro atoms. The van der Waals surface area contributed by atoms with Crippen molar-refractivity contribution in [3.63, 3.8) is 0 Å². The predicted molar refractivity (Wildman–Crippen MR) is 76.3 cm³/mol. The Hall–Kier alpha value is -1.29. The zero-order valence-corrected chi connectivity index (χ0v) is 12.3. The molecule has 0 aliphatic carbocycles. The third-order valence-corrected chi connectivity index (χ3v) is 2.93. The second-order valence-electron chi connectivity index (χ2n) is 5.28. The lowest BCUT2D eigenvalue weighted by Crippen LogP contribution is -2.36. The lowest BCUT2D eigenvalue weighted by Gasteiger charge is -2.27. The summed E-state index contributed by atoms with van der Waals surface area (Å²) in [5.74, 6) is 1.34. The summed E-state index contributed by atoms with van der Waals surface area (Å²) in [5.41, 5.74) is 2.01. The Bertz CT molecular complexity index is 377. The lowest BCUT2D eigenvalue weighted by atomic mass is 10.0. The van der Waals surface area contributed by atoms with Crippen LogP contribution >= 0.6 is 0 Å². The van der Waals surface area contributed by atoms with Crippen molar-refractivity contribution in [2.24, 2.45) is 5.92 Å².